The van der Waals surface area contributed by atoms with E-state index in [0.717, 1.165) is 29.6 Å². The highest BCUT2D eigenvalue weighted by molar-refractivity contribution is 5.80. The standard InChI is InChI=1S/C21H29N7/c1-16(2)15-27-12-10-23-20(27)14-24-21(22-4)26-17(3)18-7-5-8-19(13-18)28-11-6-9-25-28/h5-13,16-17H,14-15H2,1-4H3,(H2,22,24,26). The zero-order chi connectivity index (χ0) is 19.9. The van der Waals surface area contributed by atoms with E-state index in [1.54, 1.807) is 13.2 Å². The van der Waals surface area contributed by atoms with Gasteiger partial charge in [-0.3, -0.25) is 4.99 Å². The Labute approximate surface area is 166 Å². The highest BCUT2D eigenvalue weighted by atomic mass is 15.3. The highest BCUT2D eigenvalue weighted by Crippen LogP contribution is 2.16. The summed E-state index contributed by atoms with van der Waals surface area (Å²) in [6.45, 7) is 8.11. The lowest BCUT2D eigenvalue weighted by atomic mass is 10.1. The van der Waals surface area contributed by atoms with Crippen LogP contribution in [0.2, 0.25) is 0 Å². The van der Waals surface area contributed by atoms with Gasteiger partial charge in [-0.1, -0.05) is 26.0 Å². The minimum absolute atomic E-state index is 0.0946. The fourth-order valence-electron chi connectivity index (χ4n) is 3.07. The third kappa shape index (κ3) is 5.00. The lowest BCUT2D eigenvalue weighted by Gasteiger charge is -2.19. The van der Waals surface area contributed by atoms with Crippen LogP contribution in [0.3, 0.4) is 0 Å². The van der Waals surface area contributed by atoms with Gasteiger partial charge in [0.25, 0.3) is 0 Å². The van der Waals surface area contributed by atoms with Crippen LogP contribution in [0.25, 0.3) is 5.69 Å². The smallest absolute Gasteiger partial charge is 0.191 e. The molecule has 3 aromatic rings. The van der Waals surface area contributed by atoms with E-state index >= 15 is 0 Å². The largest absolute Gasteiger partial charge is 0.350 e. The summed E-state index contributed by atoms with van der Waals surface area (Å²) in [7, 11) is 1.78. The first-order valence-corrected chi connectivity index (χ1v) is 9.64. The van der Waals surface area contributed by atoms with E-state index in [-0.39, 0.29) is 6.04 Å². The van der Waals surface area contributed by atoms with Crippen LogP contribution in [0.5, 0.6) is 0 Å². The second kappa shape index (κ2) is 9.21. The van der Waals surface area contributed by atoms with Gasteiger partial charge in [-0.15, -0.1) is 0 Å². The van der Waals surface area contributed by atoms with Crippen molar-refractivity contribution in [2.75, 3.05) is 7.05 Å². The molecule has 3 rings (SSSR count). The number of nitrogens with zero attached hydrogens (tertiary/aromatic N) is 5. The molecule has 0 radical (unpaired) electrons. The quantitative estimate of drug-likeness (QED) is 0.489. The zero-order valence-electron chi connectivity index (χ0n) is 17.0. The van der Waals surface area contributed by atoms with Gasteiger partial charge in [0.2, 0.25) is 0 Å². The number of guanidine groups is 1. The van der Waals surface area contributed by atoms with E-state index in [1.165, 1.54) is 0 Å². The summed E-state index contributed by atoms with van der Waals surface area (Å²) in [4.78, 5) is 8.82. The highest BCUT2D eigenvalue weighted by Gasteiger charge is 2.11. The van der Waals surface area contributed by atoms with Gasteiger partial charge in [0.15, 0.2) is 5.96 Å². The lowest BCUT2D eigenvalue weighted by molar-refractivity contribution is 0.503. The third-order valence-electron chi connectivity index (χ3n) is 4.49. The fraction of sp³-hybridized carbons (Fsp3) is 0.381. The van der Waals surface area contributed by atoms with Crippen molar-refractivity contribution in [2.45, 2.75) is 39.9 Å². The van der Waals surface area contributed by atoms with Crippen LogP contribution in [-0.4, -0.2) is 32.3 Å². The minimum atomic E-state index is 0.0946. The Morgan fingerprint density at radius 3 is 2.71 bits per heavy atom. The average Bonchev–Trinajstić information content (AvgIpc) is 3.37. The number of hydrogen-bond acceptors (Lipinski definition) is 3. The van der Waals surface area contributed by atoms with E-state index in [1.807, 2.05) is 41.5 Å². The number of aromatic nitrogens is 4. The Morgan fingerprint density at radius 1 is 1.14 bits per heavy atom. The molecule has 0 bridgehead atoms. The molecule has 1 unspecified atom stereocenters. The molecule has 0 fully saturated rings. The first-order valence-electron chi connectivity index (χ1n) is 9.64. The lowest BCUT2D eigenvalue weighted by Crippen LogP contribution is -2.38. The SMILES string of the molecule is CN=C(NCc1nccn1CC(C)C)NC(C)c1cccc(-n2cccn2)c1. The molecule has 0 aliphatic heterocycles. The van der Waals surface area contributed by atoms with Gasteiger partial charge in [0.1, 0.15) is 5.82 Å². The topological polar surface area (TPSA) is 72.1 Å². The molecule has 148 valence electrons. The van der Waals surface area contributed by atoms with Crippen molar-refractivity contribution < 1.29 is 0 Å². The minimum Gasteiger partial charge on any atom is -0.350 e. The van der Waals surface area contributed by atoms with E-state index in [4.69, 9.17) is 0 Å². The predicted molar refractivity (Wildman–Crippen MR) is 112 cm³/mol. The molecule has 0 amide bonds. The van der Waals surface area contributed by atoms with E-state index < -0.39 is 0 Å². The van der Waals surface area contributed by atoms with Gasteiger partial charge >= 0.3 is 0 Å². The molecule has 0 saturated carbocycles. The van der Waals surface area contributed by atoms with Crippen LogP contribution < -0.4 is 10.6 Å². The molecule has 0 spiro atoms. The van der Waals surface area contributed by atoms with Gasteiger partial charge in [-0.2, -0.15) is 5.10 Å². The summed E-state index contributed by atoms with van der Waals surface area (Å²) in [5.41, 5.74) is 2.20. The Morgan fingerprint density at radius 2 is 2.00 bits per heavy atom. The van der Waals surface area contributed by atoms with Crippen LogP contribution in [0.1, 0.15) is 38.2 Å². The molecule has 1 aromatic carbocycles. The van der Waals surface area contributed by atoms with Crippen molar-refractivity contribution in [2.24, 2.45) is 10.9 Å². The van der Waals surface area contributed by atoms with Crippen molar-refractivity contribution in [1.82, 2.24) is 30.0 Å². The van der Waals surface area contributed by atoms with Crippen molar-refractivity contribution in [3.05, 3.63) is 66.5 Å². The summed E-state index contributed by atoms with van der Waals surface area (Å²) >= 11 is 0. The van der Waals surface area contributed by atoms with Crippen molar-refractivity contribution in [1.29, 1.82) is 0 Å². The molecule has 7 heteroatoms. The van der Waals surface area contributed by atoms with Gasteiger partial charge < -0.3 is 15.2 Å². The van der Waals surface area contributed by atoms with Gasteiger partial charge in [0.05, 0.1) is 18.3 Å². The average molecular weight is 380 g/mol. The van der Waals surface area contributed by atoms with E-state index in [9.17, 15) is 0 Å². The number of aliphatic imine (C=N–C) groups is 1. The van der Waals surface area contributed by atoms with Gasteiger partial charge in [-0.25, -0.2) is 9.67 Å². The molecule has 2 N–H and O–H groups in total. The summed E-state index contributed by atoms with van der Waals surface area (Å²) in [6.07, 6.45) is 7.59. The van der Waals surface area contributed by atoms with Crippen LogP contribution in [-0.2, 0) is 13.1 Å². The summed E-state index contributed by atoms with van der Waals surface area (Å²) in [5, 5.41) is 11.1. The summed E-state index contributed by atoms with van der Waals surface area (Å²) in [6, 6.07) is 10.3. The van der Waals surface area contributed by atoms with Crippen molar-refractivity contribution in [3.63, 3.8) is 0 Å². The number of hydrogen-bond donors (Lipinski definition) is 2. The maximum Gasteiger partial charge on any atom is 0.191 e. The third-order valence-corrected chi connectivity index (χ3v) is 4.49. The van der Waals surface area contributed by atoms with Crippen LogP contribution in [0, 0.1) is 5.92 Å². The number of rotatable bonds is 7. The molecule has 28 heavy (non-hydrogen) atoms. The molecular formula is C21H29N7. The maximum absolute atomic E-state index is 4.46. The molecule has 2 heterocycles. The Hall–Kier alpha value is -3.09. The number of nitrogens with one attached hydrogen (secondary N) is 2. The Balaban J connectivity index is 1.62. The monoisotopic (exact) mass is 379 g/mol. The molecule has 0 aliphatic carbocycles. The molecular weight excluding hydrogens is 350 g/mol. The normalized spacial score (nSPS) is 13.0. The first-order chi connectivity index (χ1) is 13.6. The molecule has 0 saturated heterocycles. The second-order valence-corrected chi connectivity index (χ2v) is 7.23. The van der Waals surface area contributed by atoms with Crippen molar-refractivity contribution in [3.8, 4) is 5.69 Å². The zero-order valence-corrected chi connectivity index (χ0v) is 17.0. The fourth-order valence-corrected chi connectivity index (χ4v) is 3.07. The predicted octanol–water partition coefficient (Wildman–Crippen LogP) is 3.15. The van der Waals surface area contributed by atoms with E-state index in [2.05, 4.69) is 63.2 Å². The number of imidazole rings is 1. The van der Waals surface area contributed by atoms with E-state index in [0.29, 0.717) is 12.5 Å². The maximum atomic E-state index is 4.46. The Kier molecular flexibility index (Phi) is 6.47. The molecule has 2 aromatic heterocycles. The van der Waals surface area contributed by atoms with Gasteiger partial charge in [-0.05, 0) is 36.6 Å². The van der Waals surface area contributed by atoms with Crippen LogP contribution >= 0.6 is 0 Å². The number of benzene rings is 1. The molecule has 0 aliphatic rings. The Bertz CT molecular complexity index is 893. The summed E-state index contributed by atoms with van der Waals surface area (Å²) < 4.78 is 4.04. The molecule has 7 nitrogen and oxygen atoms in total. The molecule has 1 atom stereocenters. The summed E-state index contributed by atoms with van der Waals surface area (Å²) in [5.74, 6) is 2.33. The van der Waals surface area contributed by atoms with Gasteiger partial charge in [0, 0.05) is 38.4 Å². The second-order valence-electron chi connectivity index (χ2n) is 7.23. The van der Waals surface area contributed by atoms with Crippen LogP contribution in [0.4, 0.5) is 0 Å². The van der Waals surface area contributed by atoms with Crippen molar-refractivity contribution >= 4 is 5.96 Å². The van der Waals surface area contributed by atoms with Crippen LogP contribution in [0.15, 0.2) is 60.1 Å². The first kappa shape index (κ1) is 19.7.